The Kier molecular flexibility index (Phi) is 3.86. The zero-order chi connectivity index (χ0) is 10.6. The average molecular weight is 261 g/mol. The van der Waals surface area contributed by atoms with E-state index in [2.05, 4.69) is 26.2 Å². The summed E-state index contributed by atoms with van der Waals surface area (Å²) in [4.78, 5) is 3.96. The van der Waals surface area contributed by atoms with E-state index in [4.69, 9.17) is 10.2 Å². The lowest BCUT2D eigenvalue weighted by Gasteiger charge is -2.27. The summed E-state index contributed by atoms with van der Waals surface area (Å²) in [6, 6.07) is 1.83. The molecular weight excluding hydrogens is 248 g/mol. The van der Waals surface area contributed by atoms with Crippen molar-refractivity contribution < 1.29 is 10.2 Å². The molecule has 0 amide bonds. The van der Waals surface area contributed by atoms with Gasteiger partial charge in [-0.05, 0) is 28.9 Å². The third-order valence-electron chi connectivity index (χ3n) is 1.85. The minimum Gasteiger partial charge on any atom is -0.394 e. The highest BCUT2D eigenvalue weighted by Gasteiger charge is 2.21. The first-order chi connectivity index (χ1) is 6.59. The first-order valence-electron chi connectivity index (χ1n) is 4.20. The second-order valence-electron chi connectivity index (χ2n) is 3.39. The summed E-state index contributed by atoms with van der Waals surface area (Å²) in [7, 11) is 0. The average Bonchev–Trinajstić information content (AvgIpc) is 2.18. The summed E-state index contributed by atoms with van der Waals surface area (Å²) in [5, 5.41) is 21.1. The molecule has 78 valence electrons. The normalized spacial score (nSPS) is 11.4. The van der Waals surface area contributed by atoms with E-state index in [9.17, 15) is 0 Å². The maximum atomic E-state index is 9.06. The molecular formula is C9H13BrN2O2. The number of nitrogens with zero attached hydrogens (tertiary/aromatic N) is 1. The molecule has 5 heteroatoms. The molecule has 0 aliphatic rings. The molecule has 1 rings (SSSR count). The van der Waals surface area contributed by atoms with Crippen molar-refractivity contribution in [2.45, 2.75) is 12.5 Å². The third-order valence-corrected chi connectivity index (χ3v) is 2.28. The number of aliphatic hydroxyl groups is 2. The number of rotatable bonds is 4. The van der Waals surface area contributed by atoms with Gasteiger partial charge in [0.25, 0.3) is 0 Å². The molecule has 3 N–H and O–H groups in total. The van der Waals surface area contributed by atoms with Gasteiger partial charge in [-0.25, -0.2) is 0 Å². The smallest absolute Gasteiger partial charge is 0.0806 e. The van der Waals surface area contributed by atoms with Crippen molar-refractivity contribution in [3.05, 3.63) is 22.9 Å². The lowest BCUT2D eigenvalue weighted by molar-refractivity contribution is 0.147. The Bertz CT molecular complexity index is 303. The molecule has 0 aliphatic heterocycles. The predicted molar refractivity (Wildman–Crippen MR) is 58.1 cm³/mol. The van der Waals surface area contributed by atoms with Gasteiger partial charge in [0.2, 0.25) is 0 Å². The monoisotopic (exact) mass is 260 g/mol. The summed E-state index contributed by atoms with van der Waals surface area (Å²) in [5.41, 5.74) is 0.0348. The zero-order valence-corrected chi connectivity index (χ0v) is 9.45. The molecule has 0 unspecified atom stereocenters. The van der Waals surface area contributed by atoms with E-state index in [1.54, 1.807) is 19.3 Å². The van der Waals surface area contributed by atoms with Crippen LogP contribution in [0.3, 0.4) is 0 Å². The van der Waals surface area contributed by atoms with Crippen molar-refractivity contribution in [3.8, 4) is 0 Å². The van der Waals surface area contributed by atoms with Gasteiger partial charge in [0.1, 0.15) is 0 Å². The number of hydrogen-bond donors (Lipinski definition) is 3. The van der Waals surface area contributed by atoms with Crippen LogP contribution in [0.5, 0.6) is 0 Å². The lowest BCUT2D eigenvalue weighted by Crippen LogP contribution is -2.42. The molecule has 0 radical (unpaired) electrons. The van der Waals surface area contributed by atoms with E-state index >= 15 is 0 Å². The van der Waals surface area contributed by atoms with Crippen molar-refractivity contribution in [2.75, 3.05) is 18.5 Å². The summed E-state index contributed by atoms with van der Waals surface area (Å²) < 4.78 is 0.848. The topological polar surface area (TPSA) is 65.4 Å². The SMILES string of the molecule is CC(CO)(CO)Nc1cncc(Br)c1. The number of anilines is 1. The van der Waals surface area contributed by atoms with E-state index < -0.39 is 5.54 Å². The van der Waals surface area contributed by atoms with E-state index in [1.807, 2.05) is 6.07 Å². The highest BCUT2D eigenvalue weighted by molar-refractivity contribution is 9.10. The highest BCUT2D eigenvalue weighted by Crippen LogP contribution is 2.17. The molecule has 0 aliphatic carbocycles. The van der Waals surface area contributed by atoms with Crippen molar-refractivity contribution in [1.29, 1.82) is 0 Å². The first kappa shape index (κ1) is 11.4. The second-order valence-corrected chi connectivity index (χ2v) is 4.31. The number of aromatic nitrogens is 1. The Balaban J connectivity index is 2.77. The third kappa shape index (κ3) is 2.94. The summed E-state index contributed by atoms with van der Waals surface area (Å²) in [6.07, 6.45) is 3.30. The van der Waals surface area contributed by atoms with Crippen molar-refractivity contribution >= 4 is 21.6 Å². The van der Waals surface area contributed by atoms with Crippen molar-refractivity contribution in [1.82, 2.24) is 4.98 Å². The van der Waals surface area contributed by atoms with Gasteiger partial charge in [0.05, 0.1) is 30.6 Å². The van der Waals surface area contributed by atoms with Crippen LogP contribution in [0.2, 0.25) is 0 Å². The van der Waals surface area contributed by atoms with Crippen molar-refractivity contribution in [2.24, 2.45) is 0 Å². The van der Waals surface area contributed by atoms with Crippen LogP contribution in [-0.4, -0.2) is 33.9 Å². The lowest BCUT2D eigenvalue weighted by atomic mass is 10.1. The van der Waals surface area contributed by atoms with E-state index in [-0.39, 0.29) is 13.2 Å². The maximum Gasteiger partial charge on any atom is 0.0806 e. The van der Waals surface area contributed by atoms with Crippen LogP contribution >= 0.6 is 15.9 Å². The van der Waals surface area contributed by atoms with Crippen LogP contribution in [0.4, 0.5) is 5.69 Å². The number of aliphatic hydroxyl groups excluding tert-OH is 2. The largest absolute Gasteiger partial charge is 0.394 e. The molecule has 0 saturated heterocycles. The molecule has 0 aromatic carbocycles. The van der Waals surface area contributed by atoms with Gasteiger partial charge in [-0.15, -0.1) is 0 Å². The Morgan fingerprint density at radius 1 is 1.43 bits per heavy atom. The Labute approximate surface area is 91.1 Å². The number of nitrogens with one attached hydrogen (secondary N) is 1. The number of halogens is 1. The molecule has 1 aromatic heterocycles. The van der Waals surface area contributed by atoms with Gasteiger partial charge in [-0.1, -0.05) is 0 Å². The molecule has 0 bridgehead atoms. The number of pyridine rings is 1. The van der Waals surface area contributed by atoms with Crippen LogP contribution < -0.4 is 5.32 Å². The molecule has 0 atom stereocenters. The minimum atomic E-state index is -0.720. The molecule has 1 aromatic rings. The van der Waals surface area contributed by atoms with Crippen LogP contribution in [0.1, 0.15) is 6.92 Å². The summed E-state index contributed by atoms with van der Waals surface area (Å²) >= 11 is 3.29. The fraction of sp³-hybridized carbons (Fsp3) is 0.444. The Morgan fingerprint density at radius 2 is 2.07 bits per heavy atom. The summed E-state index contributed by atoms with van der Waals surface area (Å²) in [6.45, 7) is 1.44. The minimum absolute atomic E-state index is 0.143. The number of hydrogen-bond acceptors (Lipinski definition) is 4. The zero-order valence-electron chi connectivity index (χ0n) is 7.87. The Hall–Kier alpha value is -0.650. The van der Waals surface area contributed by atoms with Gasteiger partial charge < -0.3 is 15.5 Å². The van der Waals surface area contributed by atoms with Gasteiger partial charge in [-0.2, -0.15) is 0 Å². The van der Waals surface area contributed by atoms with Crippen LogP contribution in [0, 0.1) is 0 Å². The molecule has 0 saturated carbocycles. The molecule has 0 spiro atoms. The molecule has 1 heterocycles. The summed E-state index contributed by atoms with van der Waals surface area (Å²) in [5.74, 6) is 0. The Morgan fingerprint density at radius 3 is 2.57 bits per heavy atom. The van der Waals surface area contributed by atoms with Gasteiger partial charge in [-0.3, -0.25) is 4.98 Å². The second kappa shape index (κ2) is 4.72. The van der Waals surface area contributed by atoms with Gasteiger partial charge >= 0.3 is 0 Å². The van der Waals surface area contributed by atoms with E-state index in [0.29, 0.717) is 0 Å². The van der Waals surface area contributed by atoms with Gasteiger partial charge in [0, 0.05) is 10.7 Å². The van der Waals surface area contributed by atoms with Gasteiger partial charge in [0.15, 0.2) is 0 Å². The fourth-order valence-corrected chi connectivity index (χ4v) is 1.32. The van der Waals surface area contributed by atoms with Crippen LogP contribution in [-0.2, 0) is 0 Å². The van der Waals surface area contributed by atoms with E-state index in [1.165, 1.54) is 0 Å². The van der Waals surface area contributed by atoms with Crippen LogP contribution in [0.15, 0.2) is 22.9 Å². The molecule has 14 heavy (non-hydrogen) atoms. The maximum absolute atomic E-state index is 9.06. The van der Waals surface area contributed by atoms with Crippen LogP contribution in [0.25, 0.3) is 0 Å². The highest BCUT2D eigenvalue weighted by atomic mass is 79.9. The molecule has 0 fully saturated rings. The predicted octanol–water partition coefficient (Wildman–Crippen LogP) is 0.999. The molecule has 4 nitrogen and oxygen atoms in total. The standard InChI is InChI=1S/C9H13BrN2O2/c1-9(5-13,6-14)12-8-2-7(10)3-11-4-8/h2-4,12-14H,5-6H2,1H3. The fourth-order valence-electron chi connectivity index (χ4n) is 0.958. The quantitative estimate of drug-likeness (QED) is 0.756. The van der Waals surface area contributed by atoms with Crippen molar-refractivity contribution in [3.63, 3.8) is 0 Å². The van der Waals surface area contributed by atoms with E-state index in [0.717, 1.165) is 10.2 Å². The first-order valence-corrected chi connectivity index (χ1v) is 4.99.